The summed E-state index contributed by atoms with van der Waals surface area (Å²) in [4.78, 5) is 26.2. The number of aliphatic hydroxyl groups is 5. The van der Waals surface area contributed by atoms with Crippen molar-refractivity contribution in [2.24, 2.45) is 11.8 Å². The first kappa shape index (κ1) is 38.4. The lowest BCUT2D eigenvalue weighted by Crippen LogP contribution is -2.61. The number of rotatable bonds is 13. The summed E-state index contributed by atoms with van der Waals surface area (Å²) in [5, 5.41) is 52.0. The lowest BCUT2D eigenvalue weighted by atomic mass is 9.81. The molecule has 6 aliphatic heterocycles. The van der Waals surface area contributed by atoms with Crippen molar-refractivity contribution in [1.82, 2.24) is 0 Å². The molecule has 5 N–H and O–H groups in total. The summed E-state index contributed by atoms with van der Waals surface area (Å²) in [5.41, 5.74) is 0. The highest BCUT2D eigenvalue weighted by Crippen LogP contribution is 2.42. The fourth-order valence-corrected chi connectivity index (χ4v) is 9.22. The summed E-state index contributed by atoms with van der Waals surface area (Å²) in [5.74, 6) is -0.377. The number of Topliss-reactive ketones (excluding diaryl/α,β-unsaturated/α-hetero) is 1. The van der Waals surface area contributed by atoms with E-state index in [1.807, 2.05) is 6.92 Å². The van der Waals surface area contributed by atoms with Crippen LogP contribution in [0.25, 0.3) is 0 Å². The minimum absolute atomic E-state index is 0.0181. The summed E-state index contributed by atoms with van der Waals surface area (Å²) < 4.78 is 42.8. The minimum Gasteiger partial charge on any atom is -0.459 e. The fraction of sp³-hybridized carbons (Fsp3) is 0.944. The molecule has 286 valence electrons. The highest BCUT2D eigenvalue weighted by atomic mass is 16.6. The molecule has 0 aromatic carbocycles. The van der Waals surface area contributed by atoms with E-state index in [0.717, 1.165) is 12.8 Å². The Bertz CT molecular complexity index is 1140. The van der Waals surface area contributed by atoms with Crippen molar-refractivity contribution >= 4 is 11.8 Å². The topological polar surface area (TPSA) is 200 Å². The van der Waals surface area contributed by atoms with Gasteiger partial charge in [0.2, 0.25) is 0 Å². The van der Waals surface area contributed by atoms with Crippen molar-refractivity contribution in [3.63, 3.8) is 0 Å². The van der Waals surface area contributed by atoms with E-state index >= 15 is 0 Å². The van der Waals surface area contributed by atoms with Gasteiger partial charge in [-0.05, 0) is 44.4 Å². The molecule has 0 spiro atoms. The van der Waals surface area contributed by atoms with Gasteiger partial charge in [-0.15, -0.1) is 0 Å². The summed E-state index contributed by atoms with van der Waals surface area (Å²) >= 11 is 0. The largest absolute Gasteiger partial charge is 0.459 e. The first-order valence-electron chi connectivity index (χ1n) is 18.9. The third-order valence-electron chi connectivity index (χ3n) is 11.9. The van der Waals surface area contributed by atoms with Crippen molar-refractivity contribution in [2.45, 2.75) is 189 Å². The predicted molar refractivity (Wildman–Crippen MR) is 174 cm³/mol. The predicted octanol–water partition coefficient (Wildman–Crippen LogP) is 0.722. The maximum Gasteiger partial charge on any atom is 0.308 e. The SMILES string of the molecule is CCC1OC(CCC(=O)CC2OC3C(O)[C@H]4OC(CC(=O)OC5[C@H](CCO)O[C@H]6CC(O)C(CCO)O[C@H]6[C@@H]5C)CCC4O[C@H]3C2O)CC1C. The van der Waals surface area contributed by atoms with Crippen molar-refractivity contribution in [1.29, 1.82) is 0 Å². The molecule has 14 heteroatoms. The molecule has 50 heavy (non-hydrogen) atoms. The molecule has 6 fully saturated rings. The number of carbonyl (C=O) groups is 2. The van der Waals surface area contributed by atoms with Crippen molar-refractivity contribution in [2.75, 3.05) is 13.2 Å². The number of ketones is 1. The van der Waals surface area contributed by atoms with Gasteiger partial charge in [-0.1, -0.05) is 20.8 Å². The van der Waals surface area contributed by atoms with E-state index in [-0.39, 0.29) is 62.8 Å². The van der Waals surface area contributed by atoms with Crippen LogP contribution in [0.4, 0.5) is 0 Å². The number of esters is 1. The third kappa shape index (κ3) is 8.25. The Morgan fingerprint density at radius 3 is 2.12 bits per heavy atom. The Hall–Kier alpha value is -1.30. The van der Waals surface area contributed by atoms with Crippen LogP contribution in [0, 0.1) is 11.8 Å². The van der Waals surface area contributed by atoms with E-state index in [9.17, 15) is 35.1 Å². The average Bonchev–Trinajstić information content (AvgIpc) is 3.61. The van der Waals surface area contributed by atoms with Crippen molar-refractivity contribution in [3.05, 3.63) is 0 Å². The van der Waals surface area contributed by atoms with Crippen LogP contribution in [0.1, 0.15) is 91.4 Å². The van der Waals surface area contributed by atoms with Gasteiger partial charge < -0.3 is 58.7 Å². The van der Waals surface area contributed by atoms with Crippen molar-refractivity contribution < 1.29 is 68.3 Å². The Kier molecular flexibility index (Phi) is 12.9. The number of fused-ring (bicyclic) bond motifs is 3. The Morgan fingerprint density at radius 1 is 0.680 bits per heavy atom. The molecule has 0 aromatic heterocycles. The van der Waals surface area contributed by atoms with Gasteiger partial charge in [0.05, 0.1) is 67.5 Å². The Balaban J connectivity index is 0.998. The molecule has 6 rings (SSSR count). The third-order valence-corrected chi connectivity index (χ3v) is 11.9. The molecule has 0 amide bonds. The summed E-state index contributed by atoms with van der Waals surface area (Å²) in [7, 11) is 0. The molecule has 14 nitrogen and oxygen atoms in total. The number of ether oxygens (including phenoxy) is 7. The molecule has 0 aliphatic carbocycles. The van der Waals surface area contributed by atoms with Crippen LogP contribution in [-0.4, -0.2) is 148 Å². The maximum atomic E-state index is 13.3. The zero-order chi connectivity index (χ0) is 35.7. The summed E-state index contributed by atoms with van der Waals surface area (Å²) in [6.45, 7) is 5.87. The minimum atomic E-state index is -1.13. The average molecular weight is 715 g/mol. The molecular formula is C36H58O14. The highest BCUT2D eigenvalue weighted by Gasteiger charge is 2.57. The lowest BCUT2D eigenvalue weighted by Gasteiger charge is -2.50. The molecule has 0 saturated carbocycles. The molecule has 12 unspecified atom stereocenters. The molecule has 6 saturated heterocycles. The molecular weight excluding hydrogens is 656 g/mol. The van der Waals surface area contributed by atoms with Crippen LogP contribution < -0.4 is 0 Å². The molecule has 18 atom stereocenters. The quantitative estimate of drug-likeness (QED) is 0.167. The van der Waals surface area contributed by atoms with E-state index in [1.54, 1.807) is 0 Å². The smallest absolute Gasteiger partial charge is 0.308 e. The van der Waals surface area contributed by atoms with Gasteiger partial charge in [-0.3, -0.25) is 9.59 Å². The highest BCUT2D eigenvalue weighted by molar-refractivity contribution is 5.79. The van der Waals surface area contributed by atoms with Gasteiger partial charge in [0.15, 0.2) is 0 Å². The number of aliphatic hydroxyl groups excluding tert-OH is 5. The van der Waals surface area contributed by atoms with Crippen LogP contribution >= 0.6 is 0 Å². The second-order valence-corrected chi connectivity index (χ2v) is 15.5. The lowest BCUT2D eigenvalue weighted by molar-refractivity contribution is -0.273. The number of carbonyl (C=O) groups excluding carboxylic acids is 2. The van der Waals surface area contributed by atoms with Gasteiger partial charge in [0.1, 0.15) is 42.4 Å². The normalized spacial score (nSPS) is 47.3. The number of hydrogen-bond donors (Lipinski definition) is 5. The fourth-order valence-electron chi connectivity index (χ4n) is 9.22. The Labute approximate surface area is 294 Å². The van der Waals surface area contributed by atoms with Crippen LogP contribution in [-0.2, 0) is 42.7 Å². The first-order chi connectivity index (χ1) is 24.0. The summed E-state index contributed by atoms with van der Waals surface area (Å²) in [6.07, 6.45) is -5.21. The zero-order valence-electron chi connectivity index (χ0n) is 29.5. The molecule has 0 aromatic rings. The molecule has 0 bridgehead atoms. The summed E-state index contributed by atoms with van der Waals surface area (Å²) in [6, 6.07) is 0. The zero-order valence-corrected chi connectivity index (χ0v) is 29.5. The van der Waals surface area contributed by atoms with E-state index in [2.05, 4.69) is 13.8 Å². The Morgan fingerprint density at radius 2 is 1.40 bits per heavy atom. The standard InChI is InChI=1S/C36H58O14/c1-4-23-17(2)13-20(44-23)6-5-19(39)14-27-30(42)35-36(49-27)31(43)34-25(48-35)8-7-21(45-34)15-29(41)50-32-18(3)33-28(46-26(32)10-12-38)16-22(40)24(47-33)9-11-37/h17-18,20-28,30-38,40,42-43H,4-16H2,1-3H3/t17?,18-,20?,21?,22?,23?,24?,25?,26+,27?,28+,30?,31?,32?,33+,34+,35+,36?/m1/s1. The van der Waals surface area contributed by atoms with Crippen molar-refractivity contribution in [3.8, 4) is 0 Å². The van der Waals surface area contributed by atoms with Crippen LogP contribution in [0.2, 0.25) is 0 Å². The molecule has 6 heterocycles. The molecule has 6 aliphatic rings. The molecule has 0 radical (unpaired) electrons. The van der Waals surface area contributed by atoms with E-state index in [4.69, 9.17) is 33.2 Å². The van der Waals surface area contributed by atoms with Gasteiger partial charge >= 0.3 is 5.97 Å². The first-order valence-corrected chi connectivity index (χ1v) is 18.9. The monoisotopic (exact) mass is 714 g/mol. The van der Waals surface area contributed by atoms with E-state index in [0.29, 0.717) is 38.0 Å². The van der Waals surface area contributed by atoms with Gasteiger partial charge in [0, 0.05) is 44.8 Å². The van der Waals surface area contributed by atoms with Crippen LogP contribution in [0.5, 0.6) is 0 Å². The number of hydrogen-bond acceptors (Lipinski definition) is 14. The van der Waals surface area contributed by atoms with Crippen LogP contribution in [0.3, 0.4) is 0 Å². The van der Waals surface area contributed by atoms with E-state index < -0.39 is 91.4 Å². The van der Waals surface area contributed by atoms with Gasteiger partial charge in [0.25, 0.3) is 0 Å². The van der Waals surface area contributed by atoms with Gasteiger partial charge in [-0.25, -0.2) is 0 Å². The van der Waals surface area contributed by atoms with Gasteiger partial charge in [-0.2, -0.15) is 0 Å². The second kappa shape index (κ2) is 16.8. The maximum absolute atomic E-state index is 13.3. The second-order valence-electron chi connectivity index (χ2n) is 15.5. The van der Waals surface area contributed by atoms with E-state index in [1.165, 1.54) is 0 Å². The van der Waals surface area contributed by atoms with Crippen LogP contribution in [0.15, 0.2) is 0 Å².